The number of hydrogen-bond acceptors (Lipinski definition) is 10. The van der Waals surface area contributed by atoms with Crippen LogP contribution in [-0.4, -0.2) is 77.6 Å². The van der Waals surface area contributed by atoms with Crippen LogP contribution >= 0.6 is 11.3 Å². The zero-order valence-electron chi connectivity index (χ0n) is 31.4. The van der Waals surface area contributed by atoms with Crippen molar-refractivity contribution in [3.8, 4) is 0 Å². The molecule has 0 saturated heterocycles. The molecule has 0 aliphatic carbocycles. The fourth-order valence-corrected chi connectivity index (χ4v) is 6.45. The van der Waals surface area contributed by atoms with E-state index in [1.165, 1.54) is 25.4 Å². The number of likely N-dealkylation sites (N-methyl/N-ethyl adjacent to an activating group) is 1. The largest absolute Gasteiger partial charge is 0.469 e. The maximum Gasteiger partial charge on any atom is 0.408 e. The molecule has 12 nitrogen and oxygen atoms in total. The van der Waals surface area contributed by atoms with Gasteiger partial charge in [-0.25, -0.2) is 9.78 Å². The number of thiazole rings is 1. The molecule has 1 aromatic carbocycles. The van der Waals surface area contributed by atoms with Gasteiger partial charge in [-0.15, -0.1) is 11.3 Å². The summed E-state index contributed by atoms with van der Waals surface area (Å²) in [5, 5.41) is 7.80. The molecule has 2 aromatic rings. The summed E-state index contributed by atoms with van der Waals surface area (Å²) in [4.78, 5) is 70.8. The van der Waals surface area contributed by atoms with Crippen LogP contribution in [-0.2, 0) is 35.0 Å². The summed E-state index contributed by atoms with van der Waals surface area (Å²) in [5.74, 6) is -2.32. The fraction of sp³-hybridized carbons (Fsp3) is 0.622. The summed E-state index contributed by atoms with van der Waals surface area (Å²) in [6.45, 7) is 16.1. The summed E-state index contributed by atoms with van der Waals surface area (Å²) >= 11 is 1.18. The first-order valence-electron chi connectivity index (χ1n) is 17.2. The number of alkyl carbamates (subject to hydrolysis) is 1. The van der Waals surface area contributed by atoms with E-state index in [9.17, 15) is 24.0 Å². The Hall–Kier alpha value is -4.00. The first kappa shape index (κ1) is 42.2. The van der Waals surface area contributed by atoms with Crippen LogP contribution in [0.25, 0.3) is 0 Å². The van der Waals surface area contributed by atoms with Crippen molar-refractivity contribution in [1.82, 2.24) is 20.5 Å². The number of esters is 2. The standard InChI is InChI=1S/C37H56N4O8S/c1-12-23(4)31(40-36(46)49-37(7,8)9)34(44)41(10)29(22(2)3)20-30(48-25(6)42)33-39-28(21-50-33)32(43)38-27(18-24(5)35(45)47-11)19-26-16-14-13-15-17-26/h13-17,21-24,27,29-31H,12,18-20H2,1-11H3,(H,38,43)(H,40,46)/t23-,24-,27+,29+,30+,31-/m0/s1. The monoisotopic (exact) mass is 716 g/mol. The number of methoxy groups -OCH3 is 1. The number of carbonyl (C=O) groups excluding carboxylic acids is 5. The molecule has 0 saturated carbocycles. The van der Waals surface area contributed by atoms with Crippen LogP contribution in [0, 0.1) is 17.8 Å². The van der Waals surface area contributed by atoms with Gasteiger partial charge in [-0.1, -0.05) is 71.4 Å². The number of nitrogens with zero attached hydrogens (tertiary/aromatic N) is 2. The van der Waals surface area contributed by atoms with Crippen molar-refractivity contribution in [3.63, 3.8) is 0 Å². The van der Waals surface area contributed by atoms with Crippen molar-refractivity contribution in [1.29, 1.82) is 0 Å². The normalized spacial score (nSPS) is 15.1. The van der Waals surface area contributed by atoms with Gasteiger partial charge in [0.1, 0.15) is 22.3 Å². The Kier molecular flexibility index (Phi) is 16.4. The summed E-state index contributed by atoms with van der Waals surface area (Å²) in [6.07, 6.45) is 0.181. The highest BCUT2D eigenvalue weighted by molar-refractivity contribution is 7.09. The molecule has 6 atom stereocenters. The van der Waals surface area contributed by atoms with Gasteiger partial charge in [0, 0.05) is 37.9 Å². The zero-order chi connectivity index (χ0) is 37.8. The van der Waals surface area contributed by atoms with Crippen LogP contribution in [0.3, 0.4) is 0 Å². The molecular weight excluding hydrogens is 660 g/mol. The lowest BCUT2D eigenvalue weighted by Gasteiger charge is -2.37. The van der Waals surface area contributed by atoms with Gasteiger partial charge in [-0.05, 0) is 51.0 Å². The predicted octanol–water partition coefficient (Wildman–Crippen LogP) is 6.10. The van der Waals surface area contributed by atoms with E-state index in [2.05, 4.69) is 15.6 Å². The van der Waals surface area contributed by atoms with E-state index in [0.29, 0.717) is 24.3 Å². The molecular formula is C37H56N4O8S. The molecule has 2 rings (SSSR count). The molecule has 0 unspecified atom stereocenters. The van der Waals surface area contributed by atoms with E-state index in [1.807, 2.05) is 58.0 Å². The lowest BCUT2D eigenvalue weighted by Crippen LogP contribution is -2.55. The predicted molar refractivity (Wildman–Crippen MR) is 192 cm³/mol. The second-order valence-electron chi connectivity index (χ2n) is 14.2. The van der Waals surface area contributed by atoms with Gasteiger partial charge in [-0.3, -0.25) is 19.2 Å². The Balaban J connectivity index is 2.32. The first-order chi connectivity index (χ1) is 23.4. The fourth-order valence-electron chi connectivity index (χ4n) is 5.61. The van der Waals surface area contributed by atoms with Crippen LogP contribution in [0.2, 0.25) is 0 Å². The summed E-state index contributed by atoms with van der Waals surface area (Å²) in [6, 6.07) is 8.01. The minimum Gasteiger partial charge on any atom is -0.469 e. The van der Waals surface area contributed by atoms with Crippen LogP contribution < -0.4 is 10.6 Å². The summed E-state index contributed by atoms with van der Waals surface area (Å²) < 4.78 is 16.1. The molecule has 278 valence electrons. The third kappa shape index (κ3) is 13.4. The van der Waals surface area contributed by atoms with Crippen molar-refractivity contribution >= 4 is 41.2 Å². The number of aromatic nitrogens is 1. The van der Waals surface area contributed by atoms with Crippen molar-refractivity contribution < 1.29 is 38.2 Å². The van der Waals surface area contributed by atoms with Gasteiger partial charge in [0.25, 0.3) is 5.91 Å². The first-order valence-corrected chi connectivity index (χ1v) is 18.1. The molecule has 0 fully saturated rings. The van der Waals surface area contributed by atoms with E-state index < -0.39 is 47.7 Å². The third-order valence-corrected chi connectivity index (χ3v) is 9.40. The number of carbonyl (C=O) groups is 5. The molecule has 0 aliphatic rings. The van der Waals surface area contributed by atoms with E-state index in [0.717, 1.165) is 5.56 Å². The lowest BCUT2D eigenvalue weighted by molar-refractivity contribution is -0.149. The van der Waals surface area contributed by atoms with Crippen molar-refractivity contribution in [2.45, 2.75) is 118 Å². The number of rotatable bonds is 17. The Morgan fingerprint density at radius 2 is 1.62 bits per heavy atom. The van der Waals surface area contributed by atoms with E-state index in [1.54, 1.807) is 45.0 Å². The number of nitrogens with one attached hydrogen (secondary N) is 2. The second-order valence-corrected chi connectivity index (χ2v) is 15.1. The minimum atomic E-state index is -0.845. The molecule has 13 heteroatoms. The highest BCUT2D eigenvalue weighted by Gasteiger charge is 2.36. The summed E-state index contributed by atoms with van der Waals surface area (Å²) in [5.41, 5.74) is 0.415. The minimum absolute atomic E-state index is 0.0700. The highest BCUT2D eigenvalue weighted by atomic mass is 32.1. The zero-order valence-corrected chi connectivity index (χ0v) is 32.2. The Morgan fingerprint density at radius 3 is 2.16 bits per heavy atom. The topological polar surface area (TPSA) is 153 Å². The third-order valence-electron chi connectivity index (χ3n) is 8.46. The molecule has 0 aliphatic heterocycles. The van der Waals surface area contributed by atoms with Crippen LogP contribution in [0.4, 0.5) is 4.79 Å². The number of benzene rings is 1. The Labute approximate surface area is 301 Å². The van der Waals surface area contributed by atoms with Gasteiger partial charge < -0.3 is 29.7 Å². The molecule has 50 heavy (non-hydrogen) atoms. The average molecular weight is 717 g/mol. The van der Waals surface area contributed by atoms with Gasteiger partial charge in [0.05, 0.1) is 13.0 Å². The van der Waals surface area contributed by atoms with Gasteiger partial charge in [0.2, 0.25) is 5.91 Å². The van der Waals surface area contributed by atoms with Crippen LogP contribution in [0.5, 0.6) is 0 Å². The van der Waals surface area contributed by atoms with Crippen molar-refractivity contribution in [2.24, 2.45) is 17.8 Å². The molecule has 3 amide bonds. The smallest absolute Gasteiger partial charge is 0.408 e. The molecule has 0 spiro atoms. The van der Waals surface area contributed by atoms with Gasteiger partial charge >= 0.3 is 18.0 Å². The molecule has 0 bridgehead atoms. The van der Waals surface area contributed by atoms with Crippen molar-refractivity contribution in [3.05, 3.63) is 52.0 Å². The number of amides is 3. The van der Waals surface area contributed by atoms with Gasteiger partial charge in [0.15, 0.2) is 6.10 Å². The number of ether oxygens (including phenoxy) is 3. The van der Waals surface area contributed by atoms with Crippen molar-refractivity contribution in [2.75, 3.05) is 14.2 Å². The summed E-state index contributed by atoms with van der Waals surface area (Å²) in [7, 11) is 3.01. The van der Waals surface area contributed by atoms with E-state index in [4.69, 9.17) is 14.2 Å². The van der Waals surface area contributed by atoms with E-state index >= 15 is 0 Å². The number of hydrogen-bond donors (Lipinski definition) is 2. The molecule has 1 aromatic heterocycles. The SMILES string of the molecule is CC[C@H](C)[C@H](NC(=O)OC(C)(C)C)C(=O)N(C)[C@H](C[C@@H](OC(C)=O)c1nc(C(=O)N[C@@H](Cc2ccccc2)C[C@H](C)C(=O)OC)cs1)C(C)C. The van der Waals surface area contributed by atoms with Gasteiger partial charge in [-0.2, -0.15) is 0 Å². The quantitative estimate of drug-likeness (QED) is 0.146. The maximum absolute atomic E-state index is 13.9. The van der Waals surface area contributed by atoms with Crippen LogP contribution in [0.1, 0.15) is 109 Å². The molecule has 0 radical (unpaired) electrons. The highest BCUT2D eigenvalue weighted by Crippen LogP contribution is 2.31. The Bertz CT molecular complexity index is 1420. The Morgan fingerprint density at radius 1 is 0.980 bits per heavy atom. The lowest BCUT2D eigenvalue weighted by atomic mass is 9.93. The second kappa shape index (κ2) is 19.4. The molecule has 1 heterocycles. The van der Waals surface area contributed by atoms with E-state index in [-0.39, 0.29) is 41.9 Å². The van der Waals surface area contributed by atoms with Crippen LogP contribution in [0.15, 0.2) is 35.7 Å². The molecule has 2 N–H and O–H groups in total. The average Bonchev–Trinajstić information content (AvgIpc) is 3.54. The maximum atomic E-state index is 13.9.